The summed E-state index contributed by atoms with van der Waals surface area (Å²) in [5.74, 6) is -1.24. The van der Waals surface area contributed by atoms with E-state index in [2.05, 4.69) is 30.0 Å². The number of nitrogen functional groups attached to an aromatic ring is 2. The highest BCUT2D eigenvalue weighted by Crippen LogP contribution is 2.24. The van der Waals surface area contributed by atoms with E-state index in [1.807, 2.05) is 32.4 Å². The van der Waals surface area contributed by atoms with Crippen LogP contribution in [0.4, 0.5) is 16.7 Å². The summed E-state index contributed by atoms with van der Waals surface area (Å²) in [5, 5.41) is 2.46. The third-order valence-electron chi connectivity index (χ3n) is 7.87. The smallest absolute Gasteiger partial charge is 0.408 e. The molecule has 4 aromatic rings. The number of sulfonamides is 2. The quantitative estimate of drug-likeness (QED) is 0.111. The van der Waals surface area contributed by atoms with Crippen molar-refractivity contribution < 1.29 is 36.0 Å². The van der Waals surface area contributed by atoms with Crippen molar-refractivity contribution in [2.45, 2.75) is 103 Å². The molecule has 0 saturated carbocycles. The fraction of sp³-hybridized carbons (Fsp3) is 0.410. The van der Waals surface area contributed by atoms with Crippen LogP contribution in [0, 0.1) is 25.7 Å². The number of aromatic nitrogens is 4. The molecule has 0 saturated heterocycles. The van der Waals surface area contributed by atoms with Gasteiger partial charge in [0.2, 0.25) is 11.9 Å². The number of aryl methyl sites for hydroxylation is 2. The van der Waals surface area contributed by atoms with Crippen LogP contribution in [0.3, 0.4) is 0 Å². The van der Waals surface area contributed by atoms with Gasteiger partial charge in [0.05, 0.1) is 27.2 Å². The predicted molar refractivity (Wildman–Crippen MR) is 224 cm³/mol. The molecule has 2 heterocycles. The topological polar surface area (TPSA) is 294 Å². The first-order valence-electron chi connectivity index (χ1n) is 18.6. The van der Waals surface area contributed by atoms with Gasteiger partial charge in [-0.3, -0.25) is 9.59 Å². The van der Waals surface area contributed by atoms with Gasteiger partial charge >= 0.3 is 6.09 Å². The van der Waals surface area contributed by atoms with Crippen LogP contribution in [-0.2, 0) is 34.4 Å². The van der Waals surface area contributed by atoms with E-state index in [9.17, 15) is 31.2 Å². The molecule has 0 aliphatic rings. The van der Waals surface area contributed by atoms with Crippen LogP contribution >= 0.6 is 0 Å². The lowest BCUT2D eigenvalue weighted by Gasteiger charge is -2.24. The number of anilines is 2. The van der Waals surface area contributed by atoms with Crippen LogP contribution < -0.4 is 32.0 Å². The van der Waals surface area contributed by atoms with Crippen molar-refractivity contribution in [3.63, 3.8) is 0 Å². The normalized spacial score (nSPS) is 12.8. The zero-order valence-corrected chi connectivity index (χ0v) is 36.2. The molecule has 0 bridgehead atoms. The lowest BCUT2D eigenvalue weighted by molar-refractivity contribution is -0.122. The number of ether oxygens (including phenoxy) is 1. The van der Waals surface area contributed by atoms with Gasteiger partial charge in [-0.1, -0.05) is 52.0 Å². The molecule has 2 atom stereocenters. The number of carbonyl (C=O) groups is 3. The first-order chi connectivity index (χ1) is 27.2. The Labute approximate surface area is 345 Å². The molecule has 320 valence electrons. The SMILES string of the molecule is Cc1cc(-c2cccc(S(=O)(=O)NC(=O)[C@@H](N)CC(C)C)c2)nc(N)n1.Cc1cc(-c2cccc(S(=O)(=O)NC(=O)[C@H](CC(C)C)NC(=O)OC(C)(C)C)c2)nc(N)n1. The Balaban J connectivity index is 0.000000324. The van der Waals surface area contributed by atoms with Crippen molar-refractivity contribution in [1.82, 2.24) is 34.7 Å². The van der Waals surface area contributed by atoms with Crippen LogP contribution in [0.5, 0.6) is 0 Å². The van der Waals surface area contributed by atoms with E-state index in [1.165, 1.54) is 30.3 Å². The van der Waals surface area contributed by atoms with E-state index in [1.54, 1.807) is 65.0 Å². The van der Waals surface area contributed by atoms with Crippen molar-refractivity contribution in [2.75, 3.05) is 11.5 Å². The average Bonchev–Trinajstić information content (AvgIpc) is 3.09. The zero-order valence-electron chi connectivity index (χ0n) is 34.6. The lowest BCUT2D eigenvalue weighted by atomic mass is 10.0. The highest BCUT2D eigenvalue weighted by molar-refractivity contribution is 7.90. The van der Waals surface area contributed by atoms with E-state index in [-0.39, 0.29) is 39.9 Å². The summed E-state index contributed by atoms with van der Waals surface area (Å²) in [6.07, 6.45) is -0.194. The Bertz CT molecular complexity index is 2330. The summed E-state index contributed by atoms with van der Waals surface area (Å²) in [6.45, 7) is 16.1. The Kier molecular flexibility index (Phi) is 16.0. The Morgan fingerprint density at radius 1 is 0.678 bits per heavy atom. The number of rotatable bonds is 13. The van der Waals surface area contributed by atoms with Crippen molar-refractivity contribution in [3.8, 4) is 22.5 Å². The average molecular weight is 855 g/mol. The summed E-state index contributed by atoms with van der Waals surface area (Å²) < 4.78 is 60.2. The molecule has 2 aromatic carbocycles. The fourth-order valence-corrected chi connectivity index (χ4v) is 7.56. The Hall–Kier alpha value is -5.73. The van der Waals surface area contributed by atoms with Gasteiger partial charge in [-0.25, -0.2) is 51.0 Å². The largest absolute Gasteiger partial charge is 0.444 e. The maximum absolute atomic E-state index is 12.9. The number of hydrogen-bond acceptors (Lipinski definition) is 15. The number of hydrogen-bond donors (Lipinski definition) is 6. The molecule has 0 radical (unpaired) electrons. The number of carbonyl (C=O) groups excluding carboxylic acids is 3. The number of amides is 3. The van der Waals surface area contributed by atoms with Gasteiger partial charge in [0.25, 0.3) is 31.9 Å². The predicted octanol–water partition coefficient (Wildman–Crippen LogP) is 3.99. The van der Waals surface area contributed by atoms with Gasteiger partial charge in [0.15, 0.2) is 0 Å². The first-order valence-corrected chi connectivity index (χ1v) is 21.5. The molecule has 0 aliphatic carbocycles. The van der Waals surface area contributed by atoms with E-state index in [0.29, 0.717) is 40.3 Å². The van der Waals surface area contributed by atoms with Crippen molar-refractivity contribution in [3.05, 3.63) is 72.1 Å². The third kappa shape index (κ3) is 15.2. The van der Waals surface area contributed by atoms with Crippen LogP contribution in [0.2, 0.25) is 0 Å². The molecule has 9 N–H and O–H groups in total. The van der Waals surface area contributed by atoms with E-state index in [4.69, 9.17) is 21.9 Å². The van der Waals surface area contributed by atoms with E-state index in [0.717, 1.165) is 0 Å². The van der Waals surface area contributed by atoms with Gasteiger partial charge in [0, 0.05) is 22.5 Å². The minimum atomic E-state index is -4.23. The van der Waals surface area contributed by atoms with Gasteiger partial charge < -0.3 is 27.3 Å². The molecule has 18 nitrogen and oxygen atoms in total. The molecule has 4 rings (SSSR count). The number of nitrogens with zero attached hydrogens (tertiary/aromatic N) is 4. The van der Waals surface area contributed by atoms with E-state index < -0.39 is 55.6 Å². The van der Waals surface area contributed by atoms with E-state index >= 15 is 0 Å². The van der Waals surface area contributed by atoms with Crippen LogP contribution in [-0.4, -0.2) is 72.4 Å². The summed E-state index contributed by atoms with van der Waals surface area (Å²) in [7, 11) is -8.27. The van der Waals surface area contributed by atoms with Crippen molar-refractivity contribution in [2.24, 2.45) is 17.6 Å². The Morgan fingerprint density at radius 2 is 1.10 bits per heavy atom. The van der Waals surface area contributed by atoms with Gasteiger partial charge in [-0.2, -0.15) is 0 Å². The maximum Gasteiger partial charge on any atom is 0.408 e. The second-order valence-corrected chi connectivity index (χ2v) is 18.9. The second kappa shape index (κ2) is 19.8. The molecule has 0 fully saturated rings. The van der Waals surface area contributed by atoms with Crippen LogP contribution in [0.15, 0.2) is 70.5 Å². The van der Waals surface area contributed by atoms with Gasteiger partial charge in [-0.15, -0.1) is 0 Å². The number of alkyl carbamates (subject to hydrolysis) is 1. The van der Waals surface area contributed by atoms with Gasteiger partial charge in [0.1, 0.15) is 11.6 Å². The second-order valence-electron chi connectivity index (χ2n) is 15.6. The summed E-state index contributed by atoms with van der Waals surface area (Å²) in [6, 6.07) is 13.4. The number of benzene rings is 2. The molecule has 0 unspecified atom stereocenters. The molecule has 0 aliphatic heterocycles. The molecule has 59 heavy (non-hydrogen) atoms. The Morgan fingerprint density at radius 3 is 1.49 bits per heavy atom. The summed E-state index contributed by atoms with van der Waals surface area (Å²) in [5.41, 5.74) is 19.6. The van der Waals surface area contributed by atoms with Crippen LogP contribution in [0.1, 0.15) is 72.7 Å². The molecule has 20 heteroatoms. The highest BCUT2D eigenvalue weighted by atomic mass is 32.2. The molecule has 0 spiro atoms. The minimum absolute atomic E-state index is 0.00758. The molecule has 3 amide bonds. The standard InChI is InChI=1S/C22H31N5O5S.C17H23N5O3S/c1-13(2)10-18(26-21(29)32-22(4,5)6)19(28)27-33(30,31)16-9-7-8-15(12-16)17-11-14(3)24-20(23)25-17;1-10(2)7-14(18)16(23)22-26(24,25)13-6-4-5-12(9-13)15-8-11(3)20-17(19)21-15/h7-9,11-13,18H,10H2,1-6H3,(H,26,29)(H,27,28)(H2,23,24,25);4-6,8-10,14H,7,18H2,1-3H3,(H,22,23)(H2,19,20,21)/t18-;14-/m00/s1. The lowest BCUT2D eigenvalue weighted by Crippen LogP contribution is -2.50. The molecular weight excluding hydrogens is 801 g/mol. The summed E-state index contributed by atoms with van der Waals surface area (Å²) >= 11 is 0. The fourth-order valence-electron chi connectivity index (χ4n) is 5.42. The highest BCUT2D eigenvalue weighted by Gasteiger charge is 2.29. The third-order valence-corrected chi connectivity index (χ3v) is 10.6. The first kappa shape index (κ1) is 47.6. The van der Waals surface area contributed by atoms with Crippen LogP contribution in [0.25, 0.3) is 22.5 Å². The van der Waals surface area contributed by atoms with Crippen molar-refractivity contribution >= 4 is 49.9 Å². The maximum atomic E-state index is 12.9. The summed E-state index contributed by atoms with van der Waals surface area (Å²) in [4.78, 5) is 53.1. The van der Waals surface area contributed by atoms with Gasteiger partial charge in [-0.05, 0) is 95.7 Å². The minimum Gasteiger partial charge on any atom is -0.444 e. The number of nitrogens with one attached hydrogen (secondary N) is 3. The molecule has 2 aromatic heterocycles. The monoisotopic (exact) mass is 854 g/mol. The van der Waals surface area contributed by atoms with Crippen molar-refractivity contribution in [1.29, 1.82) is 0 Å². The number of nitrogens with two attached hydrogens (primary N) is 3. The zero-order chi connectivity index (χ0) is 44.5. The molecular formula is C39H54N10O8S2.